The van der Waals surface area contributed by atoms with Gasteiger partial charge in [-0.1, -0.05) is 53.6 Å². The molecule has 0 radical (unpaired) electrons. The lowest BCUT2D eigenvalue weighted by Crippen LogP contribution is -2.48. The van der Waals surface area contributed by atoms with E-state index in [-0.39, 0.29) is 11.7 Å². The predicted octanol–water partition coefficient (Wildman–Crippen LogP) is 6.15. The lowest BCUT2D eigenvalue weighted by molar-refractivity contribution is -0.181. The number of allylic oxidation sites excluding steroid dienone is 1. The largest absolute Gasteiger partial charge is 0.366 e. The first-order valence-electron chi connectivity index (χ1n) is 8.94. The van der Waals surface area contributed by atoms with Crippen LogP contribution in [-0.2, 0) is 4.74 Å². The van der Waals surface area contributed by atoms with Gasteiger partial charge in [-0.05, 0) is 64.9 Å². The van der Waals surface area contributed by atoms with Crippen molar-refractivity contribution in [2.75, 3.05) is 0 Å². The normalized spacial score (nSPS) is 33.4. The van der Waals surface area contributed by atoms with Crippen LogP contribution < -0.4 is 0 Å². The van der Waals surface area contributed by atoms with E-state index in [1.807, 2.05) is 0 Å². The first-order valence-corrected chi connectivity index (χ1v) is 8.94. The van der Waals surface area contributed by atoms with Gasteiger partial charge in [0.2, 0.25) is 0 Å². The molecule has 2 aliphatic rings. The molecule has 1 aliphatic heterocycles. The fraction of sp³-hybridized carbons (Fsp3) is 0.545. The number of hydrogen-bond donors (Lipinski definition) is 0. The van der Waals surface area contributed by atoms with Gasteiger partial charge in [-0.2, -0.15) is 0 Å². The Hall–Kier alpha value is -1.34. The molecule has 0 spiro atoms. The zero-order valence-corrected chi connectivity index (χ0v) is 15.1. The van der Waals surface area contributed by atoms with Crippen molar-refractivity contribution in [1.82, 2.24) is 0 Å². The van der Waals surface area contributed by atoms with Crippen molar-refractivity contribution >= 4 is 0 Å². The molecule has 3 rings (SSSR count). The zero-order chi connectivity index (χ0) is 16.6. The van der Waals surface area contributed by atoms with Crippen molar-refractivity contribution in [3.8, 4) is 0 Å². The van der Waals surface area contributed by atoms with Crippen molar-refractivity contribution in [1.29, 1.82) is 0 Å². The Morgan fingerprint density at radius 2 is 2.00 bits per heavy atom. The Kier molecular flexibility index (Phi) is 4.51. The molecule has 124 valence electrons. The quantitative estimate of drug-likeness (QED) is 0.608. The maximum absolute atomic E-state index is 6.78. The average Bonchev–Trinajstić information content (AvgIpc) is 2.52. The van der Waals surface area contributed by atoms with Crippen LogP contribution in [0, 0.1) is 18.8 Å². The molecular formula is C22H30O. The lowest BCUT2D eigenvalue weighted by Gasteiger charge is -2.52. The van der Waals surface area contributed by atoms with Crippen molar-refractivity contribution in [2.45, 2.75) is 65.1 Å². The summed E-state index contributed by atoms with van der Waals surface area (Å²) in [6.45, 7) is 13.2. The van der Waals surface area contributed by atoms with Crippen molar-refractivity contribution in [3.05, 3.63) is 59.2 Å². The summed E-state index contributed by atoms with van der Waals surface area (Å²) in [4.78, 5) is 0. The summed E-state index contributed by atoms with van der Waals surface area (Å²) in [5, 5.41) is 0. The highest BCUT2D eigenvalue weighted by molar-refractivity contribution is 5.28. The van der Waals surface area contributed by atoms with Gasteiger partial charge in [0.1, 0.15) is 0 Å². The van der Waals surface area contributed by atoms with E-state index >= 15 is 0 Å². The van der Waals surface area contributed by atoms with Crippen LogP contribution in [-0.4, -0.2) is 5.60 Å². The number of fused-ring (bicyclic) bond motifs is 2. The van der Waals surface area contributed by atoms with E-state index in [1.54, 1.807) is 0 Å². The maximum Gasteiger partial charge on any atom is 0.0897 e. The fourth-order valence-corrected chi connectivity index (χ4v) is 4.17. The monoisotopic (exact) mass is 310 g/mol. The van der Waals surface area contributed by atoms with E-state index in [0.717, 1.165) is 12.8 Å². The molecule has 0 amide bonds. The van der Waals surface area contributed by atoms with Gasteiger partial charge in [-0.15, -0.1) is 0 Å². The molecule has 1 saturated heterocycles. The predicted molar refractivity (Wildman–Crippen MR) is 97.4 cm³/mol. The van der Waals surface area contributed by atoms with E-state index in [1.165, 1.54) is 35.1 Å². The molecule has 2 bridgehead atoms. The van der Waals surface area contributed by atoms with Gasteiger partial charge in [0, 0.05) is 5.92 Å². The Labute approximate surface area is 141 Å². The number of rotatable bonds is 3. The summed E-state index contributed by atoms with van der Waals surface area (Å²) in [6, 6.07) is 8.88. The van der Waals surface area contributed by atoms with Crippen LogP contribution in [0.1, 0.15) is 63.7 Å². The number of ether oxygens (including phenoxy) is 1. The summed E-state index contributed by atoms with van der Waals surface area (Å²) < 4.78 is 6.78. The third-order valence-electron chi connectivity index (χ3n) is 5.82. The Morgan fingerprint density at radius 3 is 2.65 bits per heavy atom. The van der Waals surface area contributed by atoms with Crippen molar-refractivity contribution in [2.24, 2.45) is 11.8 Å². The van der Waals surface area contributed by atoms with Crippen molar-refractivity contribution < 1.29 is 4.74 Å². The minimum atomic E-state index is -0.0516. The second-order valence-corrected chi connectivity index (χ2v) is 7.98. The highest BCUT2D eigenvalue weighted by Gasteiger charge is 2.48. The van der Waals surface area contributed by atoms with Gasteiger partial charge < -0.3 is 4.74 Å². The van der Waals surface area contributed by atoms with Gasteiger partial charge in [0.05, 0.1) is 11.7 Å². The van der Waals surface area contributed by atoms with Gasteiger partial charge in [-0.25, -0.2) is 0 Å². The van der Waals surface area contributed by atoms with Crippen LogP contribution in [0.2, 0.25) is 0 Å². The molecule has 4 atom stereocenters. The zero-order valence-electron chi connectivity index (χ0n) is 15.1. The molecule has 1 heteroatoms. The van der Waals surface area contributed by atoms with Crippen LogP contribution in [0.25, 0.3) is 0 Å². The maximum atomic E-state index is 6.78. The second-order valence-electron chi connectivity index (χ2n) is 7.98. The van der Waals surface area contributed by atoms with E-state index in [4.69, 9.17) is 4.74 Å². The van der Waals surface area contributed by atoms with Gasteiger partial charge >= 0.3 is 0 Å². The SMILES string of the molecule is C=C1CC[C@H]2C[C@@H]1[C@@H](c1ccc(C)cc1)O[C@@]2(C)CC=C(C)C. The van der Waals surface area contributed by atoms with Crippen molar-refractivity contribution in [3.63, 3.8) is 0 Å². The Balaban J connectivity index is 1.92. The summed E-state index contributed by atoms with van der Waals surface area (Å²) in [5.41, 5.74) is 5.33. The molecule has 1 nitrogen and oxygen atoms in total. The molecule has 1 aromatic carbocycles. The van der Waals surface area contributed by atoms with Gasteiger partial charge in [0.25, 0.3) is 0 Å². The highest BCUT2D eigenvalue weighted by Crippen LogP contribution is 2.53. The van der Waals surface area contributed by atoms with E-state index in [2.05, 4.69) is 64.6 Å². The average molecular weight is 310 g/mol. The molecule has 1 aromatic rings. The summed E-state index contributed by atoms with van der Waals surface area (Å²) in [6.07, 6.45) is 7.13. The van der Waals surface area contributed by atoms with Crippen LogP contribution in [0.15, 0.2) is 48.1 Å². The second kappa shape index (κ2) is 6.28. The molecule has 2 fully saturated rings. The van der Waals surface area contributed by atoms with E-state index in [0.29, 0.717) is 11.8 Å². The summed E-state index contributed by atoms with van der Waals surface area (Å²) in [7, 11) is 0. The van der Waals surface area contributed by atoms with Gasteiger partial charge in [-0.3, -0.25) is 0 Å². The summed E-state index contributed by atoms with van der Waals surface area (Å²) in [5.74, 6) is 1.13. The third kappa shape index (κ3) is 3.30. The number of aryl methyl sites for hydroxylation is 1. The van der Waals surface area contributed by atoms with Crippen LogP contribution in [0.4, 0.5) is 0 Å². The van der Waals surface area contributed by atoms with E-state index < -0.39 is 0 Å². The molecule has 1 heterocycles. The molecule has 0 N–H and O–H groups in total. The summed E-state index contributed by atoms with van der Waals surface area (Å²) >= 11 is 0. The number of benzene rings is 1. The first kappa shape index (κ1) is 16.5. The minimum Gasteiger partial charge on any atom is -0.366 e. The van der Waals surface area contributed by atoms with Crippen LogP contribution in [0.5, 0.6) is 0 Å². The molecule has 1 aliphatic carbocycles. The molecule has 0 aromatic heterocycles. The van der Waals surface area contributed by atoms with E-state index in [9.17, 15) is 0 Å². The smallest absolute Gasteiger partial charge is 0.0897 e. The lowest BCUT2D eigenvalue weighted by atomic mass is 9.65. The molecular weight excluding hydrogens is 280 g/mol. The standard InChI is InChI=1S/C22H30O/c1-15(2)12-13-22(5)19-11-8-17(4)20(14-19)21(23-22)18-9-6-16(3)7-10-18/h6-7,9-10,12,19-21H,4,8,11,13-14H2,1-3,5H3/t19-,20-,21+,22-/m0/s1. The first-order chi connectivity index (χ1) is 10.9. The van der Waals surface area contributed by atoms with Gasteiger partial charge in [0.15, 0.2) is 0 Å². The topological polar surface area (TPSA) is 9.23 Å². The molecule has 0 unspecified atom stereocenters. The Morgan fingerprint density at radius 1 is 1.30 bits per heavy atom. The van der Waals surface area contributed by atoms with Crippen LogP contribution in [0.3, 0.4) is 0 Å². The van der Waals surface area contributed by atoms with Crippen LogP contribution >= 0.6 is 0 Å². The molecule has 23 heavy (non-hydrogen) atoms. The molecule has 1 saturated carbocycles. The fourth-order valence-electron chi connectivity index (χ4n) is 4.17. The Bertz CT molecular complexity index is 605. The minimum absolute atomic E-state index is 0.0516. The number of hydrogen-bond acceptors (Lipinski definition) is 1. The highest BCUT2D eigenvalue weighted by atomic mass is 16.5. The third-order valence-corrected chi connectivity index (χ3v) is 5.82.